The van der Waals surface area contributed by atoms with Crippen LogP contribution in [0.25, 0.3) is 33.9 Å². The van der Waals surface area contributed by atoms with Crippen molar-refractivity contribution < 1.29 is 27.9 Å². The van der Waals surface area contributed by atoms with E-state index >= 15 is 0 Å². The number of benzene rings is 3. The Balaban J connectivity index is 1.90. The van der Waals surface area contributed by atoms with E-state index in [0.717, 1.165) is 12.1 Å². The second-order valence-electron chi connectivity index (χ2n) is 7.40. The molecule has 0 atom stereocenters. The quantitative estimate of drug-likeness (QED) is 0.246. The summed E-state index contributed by atoms with van der Waals surface area (Å²) in [6.45, 7) is 0. The minimum atomic E-state index is -5.01. The third kappa shape index (κ3) is 4.59. The Morgan fingerprint density at radius 1 is 0.694 bits per heavy atom. The van der Waals surface area contributed by atoms with Crippen molar-refractivity contribution in [2.45, 2.75) is 6.18 Å². The molecule has 36 heavy (non-hydrogen) atoms. The number of aromatic amines is 1. The fourth-order valence-electron chi connectivity index (χ4n) is 3.49. The number of aromatic nitrogens is 2. The van der Waals surface area contributed by atoms with Gasteiger partial charge in [0.25, 0.3) is 17.1 Å². The van der Waals surface area contributed by atoms with E-state index in [4.69, 9.17) is 0 Å². The number of imidazole rings is 1. The number of hydrogen-bond acceptors (Lipinski definition) is 7. The van der Waals surface area contributed by atoms with Crippen molar-refractivity contribution in [1.29, 1.82) is 0 Å². The molecule has 0 aliphatic heterocycles. The number of nitro benzene ring substituents is 3. The summed E-state index contributed by atoms with van der Waals surface area (Å²) in [6.07, 6.45) is -5.01. The molecule has 0 aliphatic rings. The Hall–Kier alpha value is -5.14. The molecule has 1 N–H and O–H groups in total. The highest BCUT2D eigenvalue weighted by Gasteiger charge is 2.38. The van der Waals surface area contributed by atoms with Crippen molar-refractivity contribution >= 4 is 17.1 Å². The molecule has 11 nitrogen and oxygen atoms in total. The molecule has 0 saturated carbocycles. The van der Waals surface area contributed by atoms with E-state index in [0.29, 0.717) is 17.2 Å². The Kier molecular flexibility index (Phi) is 5.93. The molecule has 182 valence electrons. The van der Waals surface area contributed by atoms with E-state index in [1.165, 1.54) is 48.5 Å². The molecule has 0 unspecified atom stereocenters. The first kappa shape index (κ1) is 24.0. The van der Waals surface area contributed by atoms with Crippen LogP contribution in [-0.4, -0.2) is 24.7 Å². The van der Waals surface area contributed by atoms with Crippen LogP contribution in [0.1, 0.15) is 5.56 Å². The summed E-state index contributed by atoms with van der Waals surface area (Å²) in [5.74, 6) is -0.0721. The van der Waals surface area contributed by atoms with Crippen LogP contribution < -0.4 is 0 Å². The zero-order chi connectivity index (χ0) is 26.2. The highest BCUT2D eigenvalue weighted by Crippen LogP contribution is 2.40. The van der Waals surface area contributed by atoms with Crippen LogP contribution >= 0.6 is 0 Å². The summed E-state index contributed by atoms with van der Waals surface area (Å²) in [4.78, 5) is 38.0. The number of non-ortho nitro benzene ring substituents is 2. The average Bonchev–Trinajstić information content (AvgIpc) is 3.28. The lowest BCUT2D eigenvalue weighted by atomic mass is 10.0. The van der Waals surface area contributed by atoms with E-state index in [9.17, 15) is 43.5 Å². The number of alkyl halides is 3. The van der Waals surface area contributed by atoms with E-state index < -0.39 is 32.2 Å². The molecular formula is C22H12F3N5O6. The predicted molar refractivity (Wildman–Crippen MR) is 120 cm³/mol. The highest BCUT2D eigenvalue weighted by molar-refractivity contribution is 5.82. The number of halogens is 3. The van der Waals surface area contributed by atoms with E-state index in [1.807, 2.05) is 0 Å². The van der Waals surface area contributed by atoms with Gasteiger partial charge in [0.15, 0.2) is 0 Å². The fraction of sp³-hybridized carbons (Fsp3) is 0.0455. The largest absolute Gasteiger partial charge is 0.423 e. The van der Waals surface area contributed by atoms with E-state index in [-0.39, 0.29) is 34.2 Å². The van der Waals surface area contributed by atoms with Gasteiger partial charge >= 0.3 is 6.18 Å². The second-order valence-corrected chi connectivity index (χ2v) is 7.40. The first-order valence-corrected chi connectivity index (χ1v) is 9.91. The van der Waals surface area contributed by atoms with Gasteiger partial charge in [0, 0.05) is 47.0 Å². The Morgan fingerprint density at radius 3 is 1.67 bits per heavy atom. The Morgan fingerprint density at radius 2 is 1.19 bits per heavy atom. The summed E-state index contributed by atoms with van der Waals surface area (Å²) in [5, 5.41) is 33.1. The van der Waals surface area contributed by atoms with Gasteiger partial charge in [-0.3, -0.25) is 30.3 Å². The average molecular weight is 499 g/mol. The number of rotatable bonds is 6. The maximum Gasteiger partial charge on any atom is 0.423 e. The van der Waals surface area contributed by atoms with Gasteiger partial charge in [-0.15, -0.1) is 0 Å². The summed E-state index contributed by atoms with van der Waals surface area (Å²) >= 11 is 0. The molecule has 0 saturated heterocycles. The van der Waals surface area contributed by atoms with Crippen molar-refractivity contribution in [3.63, 3.8) is 0 Å². The summed E-state index contributed by atoms with van der Waals surface area (Å²) in [7, 11) is 0. The lowest BCUT2D eigenvalue weighted by Crippen LogP contribution is -2.09. The maximum atomic E-state index is 13.5. The van der Waals surface area contributed by atoms with Gasteiger partial charge < -0.3 is 4.98 Å². The maximum absolute atomic E-state index is 13.5. The van der Waals surface area contributed by atoms with Crippen LogP contribution in [0, 0.1) is 30.3 Å². The summed E-state index contributed by atoms with van der Waals surface area (Å²) < 4.78 is 40.4. The second kappa shape index (κ2) is 8.90. The third-order valence-electron chi connectivity index (χ3n) is 5.19. The van der Waals surface area contributed by atoms with Crippen molar-refractivity contribution in [1.82, 2.24) is 9.97 Å². The van der Waals surface area contributed by atoms with Gasteiger partial charge in [-0.2, -0.15) is 13.2 Å². The minimum Gasteiger partial charge on any atom is -0.337 e. The molecule has 4 aromatic rings. The molecular weight excluding hydrogens is 487 g/mol. The van der Waals surface area contributed by atoms with Crippen LogP contribution in [0.5, 0.6) is 0 Å². The lowest BCUT2D eigenvalue weighted by Gasteiger charge is -2.08. The first-order valence-electron chi connectivity index (χ1n) is 9.91. The van der Waals surface area contributed by atoms with E-state index in [2.05, 4.69) is 9.97 Å². The molecule has 0 aliphatic carbocycles. The molecule has 1 aromatic heterocycles. The molecule has 4 rings (SSSR count). The van der Waals surface area contributed by atoms with Crippen molar-refractivity contribution in [2.24, 2.45) is 0 Å². The van der Waals surface area contributed by atoms with Crippen molar-refractivity contribution in [3.8, 4) is 33.9 Å². The molecule has 3 aromatic carbocycles. The van der Waals surface area contributed by atoms with Gasteiger partial charge in [0.05, 0.1) is 26.2 Å². The van der Waals surface area contributed by atoms with Crippen LogP contribution in [0.15, 0.2) is 66.7 Å². The lowest BCUT2D eigenvalue weighted by molar-refractivity contribution is -0.388. The van der Waals surface area contributed by atoms with Gasteiger partial charge in [0.1, 0.15) is 11.4 Å². The molecule has 1 heterocycles. The Bertz CT molecular complexity index is 1420. The molecule has 0 fully saturated rings. The summed E-state index contributed by atoms with van der Waals surface area (Å²) in [6, 6.07) is 12.9. The third-order valence-corrected chi connectivity index (χ3v) is 5.19. The molecule has 0 spiro atoms. The predicted octanol–water partition coefficient (Wildman–Crippen LogP) is 6.15. The van der Waals surface area contributed by atoms with Crippen LogP contribution in [0.2, 0.25) is 0 Å². The van der Waals surface area contributed by atoms with Gasteiger partial charge in [-0.05, 0) is 36.4 Å². The highest BCUT2D eigenvalue weighted by atomic mass is 19.4. The topological polar surface area (TPSA) is 158 Å². The normalized spacial score (nSPS) is 11.3. The van der Waals surface area contributed by atoms with Gasteiger partial charge in [0.2, 0.25) is 0 Å². The zero-order valence-electron chi connectivity index (χ0n) is 17.7. The first-order chi connectivity index (χ1) is 17.0. The monoisotopic (exact) mass is 499 g/mol. The number of nitrogens with one attached hydrogen (secondary N) is 1. The minimum absolute atomic E-state index is 0.0721. The molecule has 0 bridgehead atoms. The standard InChI is InChI=1S/C22H12F3N5O6/c23-22(24,25)17-11-14(5-10-18(17)30(35)36)21-26-19(12-1-6-15(7-2-12)28(31)32)20(27-21)13-3-8-16(9-4-13)29(33)34/h1-11H,(H,26,27). The SMILES string of the molecule is O=[N+]([O-])c1ccc(-c2nc(-c3ccc([N+](=O)[O-])c(C(F)(F)F)c3)[nH]c2-c2ccc([N+](=O)[O-])cc2)cc1. The van der Waals surface area contributed by atoms with Gasteiger partial charge in [-0.1, -0.05) is 0 Å². The number of nitrogens with zero attached hydrogens (tertiary/aromatic N) is 4. The molecule has 0 amide bonds. The van der Waals surface area contributed by atoms with E-state index in [1.54, 1.807) is 0 Å². The fourth-order valence-corrected chi connectivity index (χ4v) is 3.49. The molecule has 0 radical (unpaired) electrons. The van der Waals surface area contributed by atoms with Crippen molar-refractivity contribution in [3.05, 3.63) is 103 Å². The smallest absolute Gasteiger partial charge is 0.337 e. The molecule has 14 heteroatoms. The zero-order valence-corrected chi connectivity index (χ0v) is 17.7. The Labute approximate surface area is 198 Å². The van der Waals surface area contributed by atoms with Crippen LogP contribution in [0.3, 0.4) is 0 Å². The van der Waals surface area contributed by atoms with Crippen molar-refractivity contribution in [2.75, 3.05) is 0 Å². The van der Waals surface area contributed by atoms with Crippen LogP contribution in [0.4, 0.5) is 30.2 Å². The number of hydrogen-bond donors (Lipinski definition) is 1. The number of nitro groups is 3. The van der Waals surface area contributed by atoms with Gasteiger partial charge in [-0.25, -0.2) is 4.98 Å². The summed E-state index contributed by atoms with van der Waals surface area (Å²) in [5.41, 5.74) is -1.86. The van der Waals surface area contributed by atoms with Crippen LogP contribution in [-0.2, 0) is 6.18 Å². The number of H-pyrrole nitrogens is 1.